The van der Waals surface area contributed by atoms with Gasteiger partial charge >= 0.3 is 0 Å². The number of hydrogen-bond donors (Lipinski definition) is 0. The van der Waals surface area contributed by atoms with Crippen LogP contribution in [0.15, 0.2) is 84.9 Å². The van der Waals surface area contributed by atoms with Gasteiger partial charge in [-0.2, -0.15) is 0 Å². The van der Waals surface area contributed by atoms with E-state index in [1.807, 2.05) is 43.3 Å². The molecule has 0 aliphatic rings. The maximum absolute atomic E-state index is 13.0. The number of aryl methyl sites for hydroxylation is 1. The van der Waals surface area contributed by atoms with Gasteiger partial charge in [-0.15, -0.1) is 0 Å². The zero-order chi connectivity index (χ0) is 18.5. The van der Waals surface area contributed by atoms with Crippen molar-refractivity contribution in [1.29, 1.82) is 0 Å². The van der Waals surface area contributed by atoms with Gasteiger partial charge in [0.2, 0.25) is 0 Å². The normalized spacial score (nSPS) is 11.2. The quantitative estimate of drug-likeness (QED) is 0.425. The van der Waals surface area contributed by atoms with E-state index in [1.54, 1.807) is 42.5 Å². The van der Waals surface area contributed by atoms with E-state index in [4.69, 9.17) is 11.6 Å². The standard InChI is InChI=1S/C23H17ClO2/c1-16-14-19(12-13-21(16)24)22(25)15-20(17-8-4-2-5-9-17)23(26)18-10-6-3-7-11-18/h2-15H,1H3. The molecule has 26 heavy (non-hydrogen) atoms. The molecule has 0 spiro atoms. The molecular weight excluding hydrogens is 344 g/mol. The van der Waals surface area contributed by atoms with Gasteiger partial charge in [0, 0.05) is 21.7 Å². The van der Waals surface area contributed by atoms with Crippen molar-refractivity contribution in [3.63, 3.8) is 0 Å². The Morgan fingerprint density at radius 1 is 0.769 bits per heavy atom. The van der Waals surface area contributed by atoms with Crippen molar-refractivity contribution in [2.75, 3.05) is 0 Å². The lowest BCUT2D eigenvalue weighted by Gasteiger charge is -2.08. The number of carbonyl (C=O) groups excluding carboxylic acids is 2. The maximum atomic E-state index is 13.0. The van der Waals surface area contributed by atoms with E-state index in [1.165, 1.54) is 6.08 Å². The predicted molar refractivity (Wildman–Crippen MR) is 106 cm³/mol. The summed E-state index contributed by atoms with van der Waals surface area (Å²) in [6, 6.07) is 23.3. The van der Waals surface area contributed by atoms with E-state index in [0.29, 0.717) is 27.3 Å². The highest BCUT2D eigenvalue weighted by molar-refractivity contribution is 6.33. The van der Waals surface area contributed by atoms with E-state index in [0.717, 1.165) is 5.56 Å². The van der Waals surface area contributed by atoms with E-state index in [2.05, 4.69) is 0 Å². The number of ketones is 2. The van der Waals surface area contributed by atoms with E-state index >= 15 is 0 Å². The molecule has 0 atom stereocenters. The molecule has 0 amide bonds. The lowest BCUT2D eigenvalue weighted by molar-refractivity contribution is 0.102. The summed E-state index contributed by atoms with van der Waals surface area (Å²) in [4.78, 5) is 25.7. The molecule has 3 rings (SSSR count). The van der Waals surface area contributed by atoms with Gasteiger partial charge in [0.05, 0.1) is 0 Å². The van der Waals surface area contributed by atoms with Crippen LogP contribution in [0.25, 0.3) is 5.57 Å². The molecule has 0 unspecified atom stereocenters. The Bertz CT molecular complexity index is 974. The number of allylic oxidation sites excluding steroid dienone is 2. The third-order valence-electron chi connectivity index (χ3n) is 4.08. The highest BCUT2D eigenvalue weighted by Crippen LogP contribution is 2.22. The van der Waals surface area contributed by atoms with Crippen LogP contribution in [0.5, 0.6) is 0 Å². The van der Waals surface area contributed by atoms with Crippen molar-refractivity contribution in [1.82, 2.24) is 0 Å². The number of benzene rings is 3. The first-order valence-electron chi connectivity index (χ1n) is 8.23. The minimum Gasteiger partial charge on any atom is -0.289 e. The van der Waals surface area contributed by atoms with E-state index in [-0.39, 0.29) is 11.6 Å². The molecule has 0 aromatic heterocycles. The van der Waals surface area contributed by atoms with Crippen LogP contribution >= 0.6 is 11.6 Å². The second-order valence-corrected chi connectivity index (χ2v) is 6.35. The van der Waals surface area contributed by atoms with Crippen LogP contribution in [0.4, 0.5) is 0 Å². The molecule has 128 valence electrons. The van der Waals surface area contributed by atoms with Crippen molar-refractivity contribution in [3.05, 3.63) is 112 Å². The first-order chi connectivity index (χ1) is 12.6. The van der Waals surface area contributed by atoms with Crippen molar-refractivity contribution >= 4 is 28.7 Å². The lowest BCUT2D eigenvalue weighted by atomic mass is 9.94. The molecule has 0 bridgehead atoms. The molecule has 3 heteroatoms. The van der Waals surface area contributed by atoms with Crippen molar-refractivity contribution in [2.24, 2.45) is 0 Å². The summed E-state index contributed by atoms with van der Waals surface area (Å²) in [7, 11) is 0. The summed E-state index contributed by atoms with van der Waals surface area (Å²) in [5.41, 5.74) is 2.94. The Hall–Kier alpha value is -2.97. The molecule has 2 nitrogen and oxygen atoms in total. The molecule has 3 aromatic rings. The Morgan fingerprint density at radius 2 is 1.35 bits per heavy atom. The molecule has 0 fully saturated rings. The second-order valence-electron chi connectivity index (χ2n) is 5.95. The molecule has 3 aromatic carbocycles. The Morgan fingerprint density at radius 3 is 1.92 bits per heavy atom. The minimum absolute atomic E-state index is 0.184. The molecule has 0 aliphatic carbocycles. The minimum atomic E-state index is -0.229. The summed E-state index contributed by atoms with van der Waals surface area (Å²) < 4.78 is 0. The summed E-state index contributed by atoms with van der Waals surface area (Å²) >= 11 is 6.04. The number of carbonyl (C=O) groups is 2. The van der Waals surface area contributed by atoms with Crippen LogP contribution in [0.3, 0.4) is 0 Å². The predicted octanol–water partition coefficient (Wildman–Crippen LogP) is 5.80. The van der Waals surface area contributed by atoms with Crippen molar-refractivity contribution < 1.29 is 9.59 Å². The van der Waals surface area contributed by atoms with Crippen LogP contribution in [0, 0.1) is 6.92 Å². The Balaban J connectivity index is 2.05. The Labute approximate surface area is 157 Å². The fourth-order valence-electron chi connectivity index (χ4n) is 2.66. The van der Waals surface area contributed by atoms with Gasteiger partial charge in [0.1, 0.15) is 0 Å². The third kappa shape index (κ3) is 3.98. The number of Topliss-reactive ketones (excluding diaryl/α,β-unsaturated/α-hetero) is 1. The Kier molecular flexibility index (Phi) is 5.45. The number of rotatable bonds is 5. The summed E-state index contributed by atoms with van der Waals surface area (Å²) in [6.07, 6.45) is 1.41. The highest BCUT2D eigenvalue weighted by atomic mass is 35.5. The SMILES string of the molecule is Cc1cc(C(=O)C=C(C(=O)c2ccccc2)c2ccccc2)ccc1Cl. The monoisotopic (exact) mass is 360 g/mol. The van der Waals surface area contributed by atoms with Gasteiger partial charge in [-0.05, 0) is 42.3 Å². The van der Waals surface area contributed by atoms with Gasteiger partial charge in [-0.1, -0.05) is 72.3 Å². The van der Waals surface area contributed by atoms with Crippen LogP contribution in [-0.2, 0) is 0 Å². The van der Waals surface area contributed by atoms with Crippen LogP contribution in [-0.4, -0.2) is 11.6 Å². The van der Waals surface area contributed by atoms with Gasteiger partial charge in [0.15, 0.2) is 11.6 Å². The zero-order valence-corrected chi connectivity index (χ0v) is 15.0. The lowest BCUT2D eigenvalue weighted by Crippen LogP contribution is -2.06. The topological polar surface area (TPSA) is 34.1 Å². The molecule has 0 N–H and O–H groups in total. The first kappa shape index (κ1) is 17.8. The molecule has 0 saturated heterocycles. The third-order valence-corrected chi connectivity index (χ3v) is 4.51. The zero-order valence-electron chi connectivity index (χ0n) is 14.3. The van der Waals surface area contributed by atoms with Gasteiger partial charge in [-0.3, -0.25) is 9.59 Å². The summed E-state index contributed by atoms with van der Waals surface area (Å²) in [5.74, 6) is -0.413. The molecule has 0 saturated carbocycles. The first-order valence-corrected chi connectivity index (χ1v) is 8.61. The van der Waals surface area contributed by atoms with Crippen LogP contribution in [0.1, 0.15) is 31.8 Å². The summed E-state index contributed by atoms with van der Waals surface area (Å²) in [6.45, 7) is 1.84. The van der Waals surface area contributed by atoms with Crippen molar-refractivity contribution in [3.8, 4) is 0 Å². The highest BCUT2D eigenvalue weighted by Gasteiger charge is 2.16. The fourth-order valence-corrected chi connectivity index (χ4v) is 2.77. The fraction of sp³-hybridized carbons (Fsp3) is 0.0435. The second kappa shape index (κ2) is 7.94. The number of halogens is 1. The molecule has 0 radical (unpaired) electrons. The van der Waals surface area contributed by atoms with Crippen LogP contribution in [0.2, 0.25) is 5.02 Å². The van der Waals surface area contributed by atoms with Crippen LogP contribution < -0.4 is 0 Å². The molecule has 0 heterocycles. The van der Waals surface area contributed by atoms with Gasteiger partial charge in [-0.25, -0.2) is 0 Å². The average Bonchev–Trinajstić information content (AvgIpc) is 2.69. The molecular formula is C23H17ClO2. The van der Waals surface area contributed by atoms with E-state index in [9.17, 15) is 9.59 Å². The smallest absolute Gasteiger partial charge is 0.193 e. The average molecular weight is 361 g/mol. The molecule has 0 aliphatic heterocycles. The number of hydrogen-bond acceptors (Lipinski definition) is 2. The van der Waals surface area contributed by atoms with Crippen molar-refractivity contribution in [2.45, 2.75) is 6.92 Å². The maximum Gasteiger partial charge on any atom is 0.193 e. The van der Waals surface area contributed by atoms with E-state index < -0.39 is 0 Å². The summed E-state index contributed by atoms with van der Waals surface area (Å²) in [5, 5.41) is 0.606. The van der Waals surface area contributed by atoms with Gasteiger partial charge < -0.3 is 0 Å². The van der Waals surface area contributed by atoms with Gasteiger partial charge in [0.25, 0.3) is 0 Å². The largest absolute Gasteiger partial charge is 0.289 e.